The van der Waals surface area contributed by atoms with Crippen molar-refractivity contribution in [2.75, 3.05) is 39.3 Å². The molecule has 0 aromatic heterocycles. The quantitative estimate of drug-likeness (QED) is 0.784. The lowest BCUT2D eigenvalue weighted by molar-refractivity contribution is 0.0409. The summed E-state index contributed by atoms with van der Waals surface area (Å²) in [5.74, 6) is 0.929. The molecule has 2 aliphatic rings. The first kappa shape index (κ1) is 16.3. The Kier molecular flexibility index (Phi) is 5.88. The first-order chi connectivity index (χ1) is 9.47. The number of hydrogen-bond acceptors (Lipinski definition) is 3. The fourth-order valence-electron chi connectivity index (χ4n) is 3.75. The number of likely N-dealkylation sites (tertiary alicyclic amines) is 1. The minimum atomic E-state index is 0.703. The van der Waals surface area contributed by atoms with Crippen LogP contribution in [0.1, 0.15) is 47.5 Å². The van der Waals surface area contributed by atoms with Gasteiger partial charge in [-0.25, -0.2) is 0 Å². The lowest BCUT2D eigenvalue weighted by Crippen LogP contribution is -2.55. The highest BCUT2D eigenvalue weighted by Crippen LogP contribution is 2.22. The second kappa shape index (κ2) is 7.24. The molecule has 0 unspecified atom stereocenters. The van der Waals surface area contributed by atoms with Crippen LogP contribution in [0.25, 0.3) is 0 Å². The van der Waals surface area contributed by atoms with E-state index in [2.05, 4.69) is 49.3 Å². The van der Waals surface area contributed by atoms with Gasteiger partial charge in [0.15, 0.2) is 0 Å². The molecule has 0 N–H and O–H groups in total. The molecular weight excluding hydrogens is 246 g/mol. The zero-order valence-corrected chi connectivity index (χ0v) is 14.3. The van der Waals surface area contributed by atoms with Gasteiger partial charge in [-0.3, -0.25) is 9.80 Å². The van der Waals surface area contributed by atoms with E-state index in [1.807, 2.05) is 0 Å². The molecular formula is C17H35N3. The second-order valence-corrected chi connectivity index (χ2v) is 7.51. The Labute approximate surface area is 126 Å². The summed E-state index contributed by atoms with van der Waals surface area (Å²) in [6.45, 7) is 19.4. The largest absolute Gasteiger partial charge is 0.301 e. The van der Waals surface area contributed by atoms with Gasteiger partial charge in [-0.1, -0.05) is 0 Å². The summed E-state index contributed by atoms with van der Waals surface area (Å²) < 4.78 is 0. The van der Waals surface area contributed by atoms with Crippen molar-refractivity contribution < 1.29 is 0 Å². The Balaban J connectivity index is 1.75. The van der Waals surface area contributed by atoms with Crippen LogP contribution in [-0.4, -0.2) is 72.1 Å². The van der Waals surface area contributed by atoms with E-state index >= 15 is 0 Å². The molecule has 2 heterocycles. The van der Waals surface area contributed by atoms with Gasteiger partial charge in [-0.2, -0.15) is 0 Å². The molecule has 2 rings (SSSR count). The molecule has 3 heteroatoms. The van der Waals surface area contributed by atoms with Crippen LogP contribution in [-0.2, 0) is 0 Å². The SMILES string of the molecule is CC(C)N1CCC(CN2CCN(C(C)C)C[C@H]2C)CC1. The Hall–Kier alpha value is -0.120. The number of piperidine rings is 1. The fraction of sp³-hybridized carbons (Fsp3) is 1.00. The Bertz CT molecular complexity index is 282. The van der Waals surface area contributed by atoms with Gasteiger partial charge < -0.3 is 4.90 Å². The predicted octanol–water partition coefficient (Wildman–Crippen LogP) is 2.52. The molecule has 1 atom stereocenters. The van der Waals surface area contributed by atoms with Crippen LogP contribution in [0.5, 0.6) is 0 Å². The van der Waals surface area contributed by atoms with E-state index in [0.29, 0.717) is 6.04 Å². The molecule has 0 aliphatic carbocycles. The summed E-state index contributed by atoms with van der Waals surface area (Å²) >= 11 is 0. The van der Waals surface area contributed by atoms with Gasteiger partial charge in [0.2, 0.25) is 0 Å². The monoisotopic (exact) mass is 281 g/mol. The first-order valence-corrected chi connectivity index (χ1v) is 8.69. The molecule has 0 spiro atoms. The Morgan fingerprint density at radius 3 is 1.95 bits per heavy atom. The Morgan fingerprint density at radius 2 is 1.45 bits per heavy atom. The zero-order valence-electron chi connectivity index (χ0n) is 14.3. The first-order valence-electron chi connectivity index (χ1n) is 8.69. The molecule has 2 fully saturated rings. The Morgan fingerprint density at radius 1 is 0.850 bits per heavy atom. The van der Waals surface area contributed by atoms with Crippen LogP contribution in [0, 0.1) is 5.92 Å². The highest BCUT2D eigenvalue weighted by Gasteiger charge is 2.28. The summed E-state index contributed by atoms with van der Waals surface area (Å²) in [7, 11) is 0. The standard InChI is InChI=1S/C17H35N3/c1-14(2)18-8-6-17(7-9-18)13-20-11-10-19(15(3)4)12-16(20)5/h14-17H,6-13H2,1-5H3/t16-/m1/s1. The average Bonchev–Trinajstić information content (AvgIpc) is 2.41. The van der Waals surface area contributed by atoms with Gasteiger partial charge in [0.1, 0.15) is 0 Å². The van der Waals surface area contributed by atoms with Crippen LogP contribution >= 0.6 is 0 Å². The highest BCUT2D eigenvalue weighted by atomic mass is 15.3. The van der Waals surface area contributed by atoms with Crippen molar-refractivity contribution in [2.24, 2.45) is 5.92 Å². The van der Waals surface area contributed by atoms with E-state index in [9.17, 15) is 0 Å². The number of piperazine rings is 1. The molecule has 2 saturated heterocycles. The molecule has 0 aromatic carbocycles. The topological polar surface area (TPSA) is 9.72 Å². The van der Waals surface area contributed by atoms with E-state index in [1.165, 1.54) is 52.1 Å². The fourth-order valence-corrected chi connectivity index (χ4v) is 3.75. The third-order valence-corrected chi connectivity index (χ3v) is 5.40. The molecule has 2 aliphatic heterocycles. The van der Waals surface area contributed by atoms with Gasteiger partial charge in [0, 0.05) is 44.3 Å². The highest BCUT2D eigenvalue weighted by molar-refractivity contribution is 4.84. The summed E-state index contributed by atoms with van der Waals surface area (Å²) in [4.78, 5) is 8.01. The van der Waals surface area contributed by atoms with Crippen LogP contribution in [0.4, 0.5) is 0 Å². The minimum absolute atomic E-state index is 0.703. The number of hydrogen-bond donors (Lipinski definition) is 0. The maximum absolute atomic E-state index is 2.74. The molecule has 0 amide bonds. The molecule has 0 aromatic rings. The minimum Gasteiger partial charge on any atom is -0.301 e. The van der Waals surface area contributed by atoms with E-state index < -0.39 is 0 Å². The molecule has 3 nitrogen and oxygen atoms in total. The smallest absolute Gasteiger partial charge is 0.0195 e. The normalized spacial score (nSPS) is 28.6. The van der Waals surface area contributed by atoms with E-state index in [0.717, 1.165) is 18.0 Å². The lowest BCUT2D eigenvalue weighted by atomic mass is 9.94. The second-order valence-electron chi connectivity index (χ2n) is 7.51. The third-order valence-electron chi connectivity index (χ3n) is 5.40. The van der Waals surface area contributed by atoms with Crippen LogP contribution in [0.3, 0.4) is 0 Å². The summed E-state index contributed by atoms with van der Waals surface area (Å²) in [5, 5.41) is 0. The van der Waals surface area contributed by atoms with Gasteiger partial charge >= 0.3 is 0 Å². The molecule has 0 radical (unpaired) electrons. The lowest BCUT2D eigenvalue weighted by Gasteiger charge is -2.44. The zero-order chi connectivity index (χ0) is 14.7. The molecule has 118 valence electrons. The van der Waals surface area contributed by atoms with Crippen LogP contribution < -0.4 is 0 Å². The van der Waals surface area contributed by atoms with Crippen molar-refractivity contribution in [3.8, 4) is 0 Å². The average molecular weight is 281 g/mol. The van der Waals surface area contributed by atoms with E-state index in [4.69, 9.17) is 0 Å². The van der Waals surface area contributed by atoms with Crippen molar-refractivity contribution in [3.05, 3.63) is 0 Å². The predicted molar refractivity (Wildman–Crippen MR) is 87.2 cm³/mol. The third kappa shape index (κ3) is 4.19. The van der Waals surface area contributed by atoms with Crippen LogP contribution in [0.15, 0.2) is 0 Å². The van der Waals surface area contributed by atoms with Gasteiger partial charge in [-0.15, -0.1) is 0 Å². The molecule has 0 bridgehead atoms. The number of rotatable bonds is 4. The van der Waals surface area contributed by atoms with Gasteiger partial charge in [-0.05, 0) is 66.5 Å². The van der Waals surface area contributed by atoms with Crippen molar-refractivity contribution in [1.29, 1.82) is 0 Å². The maximum atomic E-state index is 2.74. The van der Waals surface area contributed by atoms with E-state index in [-0.39, 0.29) is 0 Å². The van der Waals surface area contributed by atoms with Crippen LogP contribution in [0.2, 0.25) is 0 Å². The summed E-state index contributed by atoms with van der Waals surface area (Å²) in [6.07, 6.45) is 2.80. The molecule has 0 saturated carbocycles. The van der Waals surface area contributed by atoms with Gasteiger partial charge in [0.25, 0.3) is 0 Å². The summed E-state index contributed by atoms with van der Waals surface area (Å²) in [5.41, 5.74) is 0. The van der Waals surface area contributed by atoms with Crippen molar-refractivity contribution in [1.82, 2.24) is 14.7 Å². The number of nitrogens with zero attached hydrogens (tertiary/aromatic N) is 3. The maximum Gasteiger partial charge on any atom is 0.0195 e. The van der Waals surface area contributed by atoms with Crippen molar-refractivity contribution in [3.63, 3.8) is 0 Å². The summed E-state index contributed by atoms with van der Waals surface area (Å²) in [6, 6.07) is 2.16. The van der Waals surface area contributed by atoms with Crippen molar-refractivity contribution >= 4 is 0 Å². The van der Waals surface area contributed by atoms with E-state index in [1.54, 1.807) is 0 Å². The van der Waals surface area contributed by atoms with Gasteiger partial charge in [0.05, 0.1) is 0 Å². The molecule has 20 heavy (non-hydrogen) atoms. The van der Waals surface area contributed by atoms with Crippen molar-refractivity contribution in [2.45, 2.75) is 65.6 Å².